The number of ether oxygens (including phenoxy) is 2. The third-order valence-electron chi connectivity index (χ3n) is 4.30. The zero-order valence-corrected chi connectivity index (χ0v) is 10.4. The van der Waals surface area contributed by atoms with Gasteiger partial charge in [0.2, 0.25) is 0 Å². The van der Waals surface area contributed by atoms with Crippen molar-refractivity contribution in [1.29, 1.82) is 0 Å². The van der Waals surface area contributed by atoms with Crippen molar-refractivity contribution in [2.75, 3.05) is 27.3 Å². The lowest BCUT2D eigenvalue weighted by Gasteiger charge is -2.40. The molecule has 0 aromatic heterocycles. The maximum absolute atomic E-state index is 5.37. The van der Waals surface area contributed by atoms with E-state index in [9.17, 15) is 0 Å². The summed E-state index contributed by atoms with van der Waals surface area (Å²) >= 11 is 0. The fourth-order valence-electron chi connectivity index (χ4n) is 3.25. The second-order valence-corrected chi connectivity index (χ2v) is 5.04. The third kappa shape index (κ3) is 1.69. The Balaban J connectivity index is 1.84. The van der Waals surface area contributed by atoms with Crippen molar-refractivity contribution in [2.45, 2.75) is 12.3 Å². The molecular weight excluding hydrogens is 214 g/mol. The Kier molecular flexibility index (Phi) is 2.71. The van der Waals surface area contributed by atoms with E-state index in [2.05, 4.69) is 17.4 Å². The quantitative estimate of drug-likeness (QED) is 0.866. The SMILES string of the molecule is COc1ccc(C2CC3CNCC32)cc1OC. The second kappa shape index (κ2) is 4.22. The minimum Gasteiger partial charge on any atom is -0.493 e. The second-order valence-electron chi connectivity index (χ2n) is 5.04. The number of fused-ring (bicyclic) bond motifs is 1. The van der Waals surface area contributed by atoms with Gasteiger partial charge in [-0.05, 0) is 55.0 Å². The molecule has 1 saturated heterocycles. The fourth-order valence-corrected chi connectivity index (χ4v) is 3.25. The Hall–Kier alpha value is -1.22. The maximum Gasteiger partial charge on any atom is 0.160 e. The Bertz CT molecular complexity index is 419. The Labute approximate surface area is 102 Å². The molecule has 92 valence electrons. The molecule has 3 nitrogen and oxygen atoms in total. The predicted molar refractivity (Wildman–Crippen MR) is 66.8 cm³/mol. The van der Waals surface area contributed by atoms with Gasteiger partial charge in [0.05, 0.1) is 14.2 Å². The van der Waals surface area contributed by atoms with E-state index >= 15 is 0 Å². The molecule has 1 aromatic rings. The molecule has 3 heteroatoms. The van der Waals surface area contributed by atoms with Gasteiger partial charge in [-0.2, -0.15) is 0 Å². The van der Waals surface area contributed by atoms with Gasteiger partial charge >= 0.3 is 0 Å². The molecule has 3 rings (SSSR count). The van der Waals surface area contributed by atoms with E-state index in [1.54, 1.807) is 14.2 Å². The van der Waals surface area contributed by atoms with Gasteiger partial charge in [0.25, 0.3) is 0 Å². The minimum absolute atomic E-state index is 0.704. The molecule has 3 atom stereocenters. The van der Waals surface area contributed by atoms with Crippen LogP contribution in [0.5, 0.6) is 11.5 Å². The van der Waals surface area contributed by atoms with Gasteiger partial charge < -0.3 is 14.8 Å². The summed E-state index contributed by atoms with van der Waals surface area (Å²) in [4.78, 5) is 0. The lowest BCUT2D eigenvalue weighted by molar-refractivity contribution is 0.190. The van der Waals surface area contributed by atoms with Crippen LogP contribution in [0.4, 0.5) is 0 Å². The first kappa shape index (κ1) is 10.9. The summed E-state index contributed by atoms with van der Waals surface area (Å²) in [5, 5.41) is 3.48. The first-order valence-electron chi connectivity index (χ1n) is 6.26. The predicted octanol–water partition coefficient (Wildman–Crippen LogP) is 2.03. The molecule has 1 aromatic carbocycles. The summed E-state index contributed by atoms with van der Waals surface area (Å²) in [6.07, 6.45) is 1.31. The van der Waals surface area contributed by atoms with Crippen molar-refractivity contribution in [3.05, 3.63) is 23.8 Å². The minimum atomic E-state index is 0.704. The number of methoxy groups -OCH3 is 2. The first-order chi connectivity index (χ1) is 8.33. The van der Waals surface area contributed by atoms with Gasteiger partial charge in [-0.15, -0.1) is 0 Å². The normalized spacial score (nSPS) is 30.6. The van der Waals surface area contributed by atoms with Crippen molar-refractivity contribution in [3.63, 3.8) is 0 Å². The molecule has 1 aliphatic heterocycles. The van der Waals surface area contributed by atoms with Crippen molar-refractivity contribution in [3.8, 4) is 11.5 Å². The number of nitrogens with one attached hydrogen (secondary N) is 1. The van der Waals surface area contributed by atoms with Crippen LogP contribution in [0.2, 0.25) is 0 Å². The molecule has 17 heavy (non-hydrogen) atoms. The van der Waals surface area contributed by atoms with E-state index in [0.717, 1.165) is 23.3 Å². The standard InChI is InChI=1S/C14H19NO2/c1-16-13-4-3-9(6-14(13)17-2)11-5-10-7-15-8-12(10)11/h3-4,6,10-12,15H,5,7-8H2,1-2H3. The molecule has 3 unspecified atom stereocenters. The number of benzene rings is 1. The number of hydrogen-bond donors (Lipinski definition) is 1. The highest BCUT2D eigenvalue weighted by atomic mass is 16.5. The number of hydrogen-bond acceptors (Lipinski definition) is 3. The molecule has 1 N–H and O–H groups in total. The maximum atomic E-state index is 5.37. The largest absolute Gasteiger partial charge is 0.493 e. The highest BCUT2D eigenvalue weighted by Crippen LogP contribution is 2.50. The van der Waals surface area contributed by atoms with Crippen LogP contribution in [0.25, 0.3) is 0 Å². The van der Waals surface area contributed by atoms with Gasteiger partial charge in [-0.25, -0.2) is 0 Å². The van der Waals surface area contributed by atoms with Crippen LogP contribution in [0.15, 0.2) is 18.2 Å². The van der Waals surface area contributed by atoms with Crippen molar-refractivity contribution in [1.82, 2.24) is 5.32 Å². The van der Waals surface area contributed by atoms with E-state index < -0.39 is 0 Å². The van der Waals surface area contributed by atoms with Crippen molar-refractivity contribution < 1.29 is 9.47 Å². The van der Waals surface area contributed by atoms with E-state index in [-0.39, 0.29) is 0 Å². The van der Waals surface area contributed by atoms with Crippen molar-refractivity contribution >= 4 is 0 Å². The molecule has 0 bridgehead atoms. The van der Waals surface area contributed by atoms with Gasteiger partial charge in [-0.3, -0.25) is 0 Å². The van der Waals surface area contributed by atoms with E-state index in [1.807, 2.05) is 6.07 Å². The fraction of sp³-hybridized carbons (Fsp3) is 0.571. The van der Waals surface area contributed by atoms with E-state index in [0.29, 0.717) is 5.92 Å². The van der Waals surface area contributed by atoms with Crippen LogP contribution >= 0.6 is 0 Å². The highest BCUT2D eigenvalue weighted by molar-refractivity contribution is 5.44. The van der Waals surface area contributed by atoms with Crippen LogP contribution < -0.4 is 14.8 Å². The summed E-state index contributed by atoms with van der Waals surface area (Å²) in [7, 11) is 3.38. The van der Waals surface area contributed by atoms with Crippen LogP contribution in [-0.4, -0.2) is 27.3 Å². The molecule has 0 spiro atoms. The smallest absolute Gasteiger partial charge is 0.160 e. The monoisotopic (exact) mass is 233 g/mol. The molecule has 1 heterocycles. The lowest BCUT2D eigenvalue weighted by Crippen LogP contribution is -2.33. The van der Waals surface area contributed by atoms with Gasteiger partial charge in [0.15, 0.2) is 11.5 Å². The Morgan fingerprint density at radius 2 is 1.94 bits per heavy atom. The van der Waals surface area contributed by atoms with Gasteiger partial charge in [0.1, 0.15) is 0 Å². The van der Waals surface area contributed by atoms with Crippen LogP contribution in [0, 0.1) is 11.8 Å². The zero-order valence-electron chi connectivity index (χ0n) is 10.4. The molecule has 2 fully saturated rings. The molecule has 1 aliphatic carbocycles. The summed E-state index contributed by atoms with van der Waals surface area (Å²) in [6, 6.07) is 6.34. The average Bonchev–Trinajstić information content (AvgIpc) is 2.70. The van der Waals surface area contributed by atoms with Crippen LogP contribution in [0.1, 0.15) is 17.9 Å². The summed E-state index contributed by atoms with van der Waals surface area (Å²) in [5.41, 5.74) is 1.40. The molecular formula is C14H19NO2. The average molecular weight is 233 g/mol. The van der Waals surface area contributed by atoms with Crippen LogP contribution in [-0.2, 0) is 0 Å². The molecule has 2 aliphatic rings. The van der Waals surface area contributed by atoms with Crippen molar-refractivity contribution in [2.24, 2.45) is 11.8 Å². The first-order valence-corrected chi connectivity index (χ1v) is 6.26. The Morgan fingerprint density at radius 1 is 1.12 bits per heavy atom. The molecule has 0 radical (unpaired) electrons. The topological polar surface area (TPSA) is 30.5 Å². The summed E-state index contributed by atoms with van der Waals surface area (Å²) < 4.78 is 10.6. The highest BCUT2D eigenvalue weighted by Gasteiger charge is 2.44. The summed E-state index contributed by atoms with van der Waals surface area (Å²) in [5.74, 6) is 4.09. The van der Waals surface area contributed by atoms with E-state index in [4.69, 9.17) is 9.47 Å². The van der Waals surface area contributed by atoms with E-state index in [1.165, 1.54) is 25.1 Å². The molecule has 1 saturated carbocycles. The van der Waals surface area contributed by atoms with Gasteiger partial charge in [-0.1, -0.05) is 6.07 Å². The lowest BCUT2D eigenvalue weighted by atomic mass is 9.64. The van der Waals surface area contributed by atoms with Crippen LogP contribution in [0.3, 0.4) is 0 Å². The zero-order chi connectivity index (χ0) is 11.8. The Morgan fingerprint density at radius 3 is 2.65 bits per heavy atom. The molecule has 0 amide bonds. The van der Waals surface area contributed by atoms with Gasteiger partial charge in [0, 0.05) is 0 Å². The number of rotatable bonds is 3. The third-order valence-corrected chi connectivity index (χ3v) is 4.30. The summed E-state index contributed by atoms with van der Waals surface area (Å²) in [6.45, 7) is 2.37.